The number of aromatic amines is 1. The Morgan fingerprint density at radius 2 is 1.96 bits per heavy atom. The molecule has 0 saturated carbocycles. The Hall–Kier alpha value is -2.86. The van der Waals surface area contributed by atoms with Crippen LogP contribution in [0.4, 0.5) is 0 Å². The molecule has 0 spiro atoms. The number of aromatic nitrogens is 2. The van der Waals surface area contributed by atoms with Gasteiger partial charge in [-0.05, 0) is 24.3 Å². The molecule has 0 aliphatic carbocycles. The number of ether oxygens (including phenoxy) is 1. The number of halogens is 1. The van der Waals surface area contributed by atoms with E-state index in [4.69, 9.17) is 16.3 Å². The Morgan fingerprint density at radius 1 is 1.16 bits per heavy atom. The first-order chi connectivity index (χ1) is 12.1. The van der Waals surface area contributed by atoms with Crippen LogP contribution in [-0.2, 0) is 11.2 Å². The van der Waals surface area contributed by atoms with E-state index in [0.717, 1.165) is 0 Å². The van der Waals surface area contributed by atoms with Crippen molar-refractivity contribution in [3.63, 3.8) is 0 Å². The highest BCUT2D eigenvalue weighted by atomic mass is 35.5. The molecule has 7 heteroatoms. The van der Waals surface area contributed by atoms with Crippen molar-refractivity contribution in [2.45, 2.75) is 6.42 Å². The third kappa shape index (κ3) is 4.36. The zero-order valence-electron chi connectivity index (χ0n) is 13.3. The lowest BCUT2D eigenvalue weighted by Gasteiger charge is -2.08. The van der Waals surface area contributed by atoms with Gasteiger partial charge < -0.3 is 10.1 Å². The van der Waals surface area contributed by atoms with Gasteiger partial charge in [-0.1, -0.05) is 35.9 Å². The normalized spacial score (nSPS) is 10.6. The van der Waals surface area contributed by atoms with E-state index in [-0.39, 0.29) is 17.9 Å². The molecule has 0 atom stereocenters. The van der Waals surface area contributed by atoms with Crippen LogP contribution in [0.5, 0.6) is 5.75 Å². The summed E-state index contributed by atoms with van der Waals surface area (Å²) >= 11 is 5.88. The summed E-state index contributed by atoms with van der Waals surface area (Å²) in [6, 6.07) is 14.1. The molecule has 1 amide bonds. The fraction of sp³-hybridized carbons (Fsp3) is 0.167. The van der Waals surface area contributed by atoms with Crippen molar-refractivity contribution in [2.24, 2.45) is 0 Å². The van der Waals surface area contributed by atoms with Gasteiger partial charge in [-0.2, -0.15) is 5.10 Å². The minimum absolute atomic E-state index is 0.0778. The van der Waals surface area contributed by atoms with Gasteiger partial charge in [0.15, 0.2) is 0 Å². The molecule has 0 aliphatic rings. The highest BCUT2D eigenvalue weighted by Gasteiger charge is 2.10. The molecule has 128 valence electrons. The smallest absolute Gasteiger partial charge is 0.272 e. The summed E-state index contributed by atoms with van der Waals surface area (Å²) in [5.74, 6) is 0.453. The zero-order valence-corrected chi connectivity index (χ0v) is 14.0. The molecule has 0 aliphatic heterocycles. The molecule has 2 N–H and O–H groups in total. The van der Waals surface area contributed by atoms with Crippen LogP contribution in [0.1, 0.15) is 5.69 Å². The van der Waals surface area contributed by atoms with Crippen LogP contribution >= 0.6 is 11.6 Å². The summed E-state index contributed by atoms with van der Waals surface area (Å²) in [6.07, 6.45) is 0.0778. The van der Waals surface area contributed by atoms with Crippen molar-refractivity contribution in [1.29, 1.82) is 0 Å². The van der Waals surface area contributed by atoms with Crippen LogP contribution in [0.2, 0.25) is 5.02 Å². The van der Waals surface area contributed by atoms with E-state index in [0.29, 0.717) is 40.4 Å². The van der Waals surface area contributed by atoms with Gasteiger partial charge in [0.05, 0.1) is 24.0 Å². The van der Waals surface area contributed by atoms with Gasteiger partial charge in [-0.15, -0.1) is 0 Å². The number of hydrogen-bond donors (Lipinski definition) is 2. The molecular weight excluding hydrogens is 342 g/mol. The second-order valence-electron chi connectivity index (χ2n) is 5.38. The molecule has 3 aromatic rings. The fourth-order valence-corrected chi connectivity index (χ4v) is 2.62. The zero-order chi connectivity index (χ0) is 17.6. The number of hydrogen-bond acceptors (Lipinski definition) is 4. The Labute approximate surface area is 148 Å². The predicted molar refractivity (Wildman–Crippen MR) is 96.0 cm³/mol. The van der Waals surface area contributed by atoms with Crippen LogP contribution in [0.3, 0.4) is 0 Å². The van der Waals surface area contributed by atoms with Gasteiger partial charge in [0.2, 0.25) is 5.91 Å². The van der Waals surface area contributed by atoms with Gasteiger partial charge in [-0.3, -0.25) is 9.59 Å². The number of rotatable bonds is 6. The minimum atomic E-state index is -0.269. The lowest BCUT2D eigenvalue weighted by molar-refractivity contribution is -0.120. The monoisotopic (exact) mass is 357 g/mol. The molecule has 1 aromatic heterocycles. The Balaban J connectivity index is 1.55. The van der Waals surface area contributed by atoms with E-state index < -0.39 is 0 Å². The maximum Gasteiger partial charge on any atom is 0.272 e. The molecular formula is C18H16ClN3O3. The highest BCUT2D eigenvalue weighted by molar-refractivity contribution is 6.30. The van der Waals surface area contributed by atoms with Gasteiger partial charge in [0.1, 0.15) is 12.4 Å². The molecule has 3 rings (SSSR count). The van der Waals surface area contributed by atoms with Crippen LogP contribution in [0.25, 0.3) is 10.8 Å². The average molecular weight is 358 g/mol. The van der Waals surface area contributed by atoms with Crippen molar-refractivity contribution < 1.29 is 9.53 Å². The standard InChI is InChI=1S/C18H16ClN3O3/c19-12-4-3-5-13(10-12)25-9-8-20-17(23)11-16-14-6-1-2-7-15(14)18(24)22-21-16/h1-7,10H,8-9,11H2,(H,20,23)(H,22,24). The number of fused-ring (bicyclic) bond motifs is 1. The summed E-state index contributed by atoms with van der Waals surface area (Å²) in [5.41, 5.74) is 0.262. The van der Waals surface area contributed by atoms with Gasteiger partial charge in [0.25, 0.3) is 5.56 Å². The summed E-state index contributed by atoms with van der Waals surface area (Å²) in [6.45, 7) is 0.679. The number of nitrogens with one attached hydrogen (secondary N) is 2. The molecule has 1 heterocycles. The van der Waals surface area contributed by atoms with Crippen LogP contribution in [0.15, 0.2) is 53.3 Å². The van der Waals surface area contributed by atoms with E-state index in [1.54, 1.807) is 42.5 Å². The summed E-state index contributed by atoms with van der Waals surface area (Å²) in [4.78, 5) is 23.8. The third-order valence-electron chi connectivity index (χ3n) is 3.59. The molecule has 6 nitrogen and oxygen atoms in total. The van der Waals surface area contributed by atoms with Crippen molar-refractivity contribution >= 4 is 28.3 Å². The number of carbonyl (C=O) groups excluding carboxylic acids is 1. The molecule has 2 aromatic carbocycles. The highest BCUT2D eigenvalue weighted by Crippen LogP contribution is 2.16. The summed E-state index contributed by atoms with van der Waals surface area (Å²) in [5, 5.41) is 11.0. The molecule has 0 radical (unpaired) electrons. The van der Waals surface area contributed by atoms with Gasteiger partial charge in [-0.25, -0.2) is 5.10 Å². The van der Waals surface area contributed by atoms with Crippen molar-refractivity contribution in [3.8, 4) is 5.75 Å². The van der Waals surface area contributed by atoms with Crippen LogP contribution in [-0.4, -0.2) is 29.3 Å². The third-order valence-corrected chi connectivity index (χ3v) is 3.83. The second kappa shape index (κ2) is 7.81. The number of nitrogens with zero attached hydrogens (tertiary/aromatic N) is 1. The van der Waals surface area contributed by atoms with Gasteiger partial charge >= 0.3 is 0 Å². The number of carbonyl (C=O) groups is 1. The first kappa shape index (κ1) is 17.0. The lowest BCUT2D eigenvalue weighted by atomic mass is 10.1. The SMILES string of the molecule is O=C(Cc1n[nH]c(=O)c2ccccc12)NCCOc1cccc(Cl)c1. The second-order valence-corrected chi connectivity index (χ2v) is 5.81. The van der Waals surface area contributed by atoms with E-state index in [2.05, 4.69) is 15.5 Å². The first-order valence-electron chi connectivity index (χ1n) is 7.75. The summed E-state index contributed by atoms with van der Waals surface area (Å²) in [7, 11) is 0. The van der Waals surface area contributed by atoms with E-state index in [9.17, 15) is 9.59 Å². The largest absolute Gasteiger partial charge is 0.492 e. The van der Waals surface area contributed by atoms with Crippen molar-refractivity contribution in [3.05, 3.63) is 69.6 Å². The van der Waals surface area contributed by atoms with E-state index in [1.165, 1.54) is 0 Å². The number of H-pyrrole nitrogens is 1. The summed E-state index contributed by atoms with van der Waals surface area (Å²) < 4.78 is 5.51. The van der Waals surface area contributed by atoms with Crippen molar-refractivity contribution in [1.82, 2.24) is 15.5 Å². The molecule has 25 heavy (non-hydrogen) atoms. The quantitative estimate of drug-likeness (QED) is 0.663. The Morgan fingerprint density at radius 3 is 2.76 bits per heavy atom. The minimum Gasteiger partial charge on any atom is -0.492 e. The Bertz CT molecular complexity index is 955. The maximum atomic E-state index is 12.1. The van der Waals surface area contributed by atoms with E-state index in [1.807, 2.05) is 6.07 Å². The van der Waals surface area contributed by atoms with E-state index >= 15 is 0 Å². The van der Waals surface area contributed by atoms with Gasteiger partial charge in [0, 0.05) is 10.4 Å². The molecule has 0 saturated heterocycles. The maximum absolute atomic E-state index is 12.1. The topological polar surface area (TPSA) is 84.1 Å². The fourth-order valence-electron chi connectivity index (χ4n) is 2.44. The molecule has 0 bridgehead atoms. The predicted octanol–water partition coefficient (Wildman–Crippen LogP) is 2.31. The average Bonchev–Trinajstić information content (AvgIpc) is 2.61. The number of amides is 1. The van der Waals surface area contributed by atoms with Crippen LogP contribution < -0.4 is 15.6 Å². The molecule has 0 fully saturated rings. The first-order valence-corrected chi connectivity index (χ1v) is 8.12. The lowest BCUT2D eigenvalue weighted by Crippen LogP contribution is -2.30. The molecule has 0 unspecified atom stereocenters. The van der Waals surface area contributed by atoms with Crippen molar-refractivity contribution in [2.75, 3.05) is 13.2 Å². The number of benzene rings is 2. The Kier molecular flexibility index (Phi) is 5.30. The van der Waals surface area contributed by atoms with Crippen LogP contribution in [0, 0.1) is 0 Å².